The summed E-state index contributed by atoms with van der Waals surface area (Å²) >= 11 is 0. The molecule has 2 aromatic rings. The first-order valence-corrected chi connectivity index (χ1v) is 4.17. The summed E-state index contributed by atoms with van der Waals surface area (Å²) in [5.74, 6) is -1.26. The topological polar surface area (TPSA) is 84.6 Å². The molecular formula is C9H7N3O3. The highest BCUT2D eigenvalue weighted by molar-refractivity contribution is 5.93. The van der Waals surface area contributed by atoms with Gasteiger partial charge in [0.2, 0.25) is 0 Å². The fraction of sp³-hybridized carbons (Fsp3) is 0.111. The Labute approximate surface area is 84.2 Å². The standard InChI is InChI=1S/C9H7N3O3/c1-5(13)6-3-10-8-2-7(9(14)15)11-12(8)4-6/h2-4H,1H3,(H,14,15). The lowest BCUT2D eigenvalue weighted by atomic mass is 10.2. The number of aromatic nitrogens is 3. The molecule has 0 amide bonds. The minimum absolute atomic E-state index is 0.0943. The molecule has 2 heterocycles. The lowest BCUT2D eigenvalue weighted by Crippen LogP contribution is -2.00. The van der Waals surface area contributed by atoms with Crippen LogP contribution in [0.3, 0.4) is 0 Å². The Morgan fingerprint density at radius 2 is 2.20 bits per heavy atom. The van der Waals surface area contributed by atoms with Gasteiger partial charge < -0.3 is 5.11 Å². The number of fused-ring (bicyclic) bond motifs is 1. The van der Waals surface area contributed by atoms with Gasteiger partial charge in [-0.1, -0.05) is 0 Å². The van der Waals surface area contributed by atoms with Gasteiger partial charge in [0.15, 0.2) is 17.1 Å². The summed E-state index contributed by atoms with van der Waals surface area (Å²) in [5, 5.41) is 12.5. The van der Waals surface area contributed by atoms with E-state index in [9.17, 15) is 9.59 Å². The van der Waals surface area contributed by atoms with E-state index in [0.717, 1.165) is 0 Å². The SMILES string of the molecule is CC(=O)c1cnc2cc(C(=O)O)nn2c1. The fourth-order valence-corrected chi connectivity index (χ4v) is 1.16. The van der Waals surface area contributed by atoms with Crippen molar-refractivity contribution < 1.29 is 14.7 Å². The lowest BCUT2D eigenvalue weighted by Gasteiger charge is -1.95. The second kappa shape index (κ2) is 3.16. The first-order chi connectivity index (χ1) is 7.08. The number of carboxylic acid groups (broad SMARTS) is 1. The zero-order chi connectivity index (χ0) is 11.0. The van der Waals surface area contributed by atoms with Gasteiger partial charge in [-0.15, -0.1) is 0 Å². The summed E-state index contributed by atoms with van der Waals surface area (Å²) in [6.07, 6.45) is 2.85. The normalized spacial score (nSPS) is 10.5. The minimum atomic E-state index is -1.12. The maximum absolute atomic E-state index is 11.0. The number of carboxylic acids is 1. The molecule has 0 radical (unpaired) electrons. The number of rotatable bonds is 2. The van der Waals surface area contributed by atoms with Crippen molar-refractivity contribution in [2.75, 3.05) is 0 Å². The maximum atomic E-state index is 11.0. The van der Waals surface area contributed by atoms with E-state index in [1.165, 1.54) is 29.9 Å². The molecule has 1 N–H and O–H groups in total. The number of ketones is 1. The largest absolute Gasteiger partial charge is 0.476 e. The van der Waals surface area contributed by atoms with Crippen molar-refractivity contribution >= 4 is 17.4 Å². The summed E-state index contributed by atoms with van der Waals surface area (Å²) in [4.78, 5) is 25.6. The Hall–Kier alpha value is -2.24. The molecule has 0 saturated carbocycles. The van der Waals surface area contributed by atoms with Crippen LogP contribution in [0.5, 0.6) is 0 Å². The van der Waals surface area contributed by atoms with Crippen LogP contribution >= 0.6 is 0 Å². The molecule has 0 unspecified atom stereocenters. The molecule has 76 valence electrons. The predicted octanol–water partition coefficient (Wildman–Crippen LogP) is 0.630. The van der Waals surface area contributed by atoms with Gasteiger partial charge in [0.05, 0.1) is 5.56 Å². The molecule has 2 aromatic heterocycles. The highest BCUT2D eigenvalue weighted by atomic mass is 16.4. The van der Waals surface area contributed by atoms with Crippen molar-refractivity contribution in [2.45, 2.75) is 6.92 Å². The number of hydrogen-bond acceptors (Lipinski definition) is 4. The van der Waals surface area contributed by atoms with Crippen LogP contribution in [0, 0.1) is 0 Å². The van der Waals surface area contributed by atoms with Crippen LogP contribution in [0.2, 0.25) is 0 Å². The van der Waals surface area contributed by atoms with E-state index >= 15 is 0 Å². The van der Waals surface area contributed by atoms with Crippen LogP contribution in [0.15, 0.2) is 18.5 Å². The van der Waals surface area contributed by atoms with Gasteiger partial charge in [-0.05, 0) is 6.92 Å². The monoisotopic (exact) mass is 205 g/mol. The average molecular weight is 205 g/mol. The lowest BCUT2D eigenvalue weighted by molar-refractivity contribution is 0.0690. The van der Waals surface area contributed by atoms with Crippen molar-refractivity contribution in [3.8, 4) is 0 Å². The van der Waals surface area contributed by atoms with Gasteiger partial charge in [0.1, 0.15) is 0 Å². The first kappa shape index (κ1) is 9.32. The maximum Gasteiger partial charge on any atom is 0.356 e. The van der Waals surface area contributed by atoms with Crippen molar-refractivity contribution in [3.05, 3.63) is 29.7 Å². The number of carbonyl (C=O) groups is 2. The molecule has 0 bridgehead atoms. The summed E-state index contributed by atoms with van der Waals surface area (Å²) in [5.41, 5.74) is 0.697. The second-order valence-electron chi connectivity index (χ2n) is 3.04. The Morgan fingerprint density at radius 1 is 1.47 bits per heavy atom. The molecule has 0 spiro atoms. The van der Waals surface area contributed by atoms with Gasteiger partial charge >= 0.3 is 5.97 Å². The quantitative estimate of drug-likeness (QED) is 0.727. The molecule has 6 heteroatoms. The van der Waals surface area contributed by atoms with Crippen molar-refractivity contribution in [2.24, 2.45) is 0 Å². The second-order valence-corrected chi connectivity index (χ2v) is 3.04. The molecule has 0 fully saturated rings. The van der Waals surface area contributed by atoms with E-state index in [1.807, 2.05) is 0 Å². The first-order valence-electron chi connectivity index (χ1n) is 4.17. The Kier molecular flexibility index (Phi) is 1.96. The van der Waals surface area contributed by atoms with E-state index in [1.54, 1.807) is 0 Å². The summed E-state index contributed by atoms with van der Waals surface area (Å²) in [6.45, 7) is 1.41. The summed E-state index contributed by atoms with van der Waals surface area (Å²) in [6, 6.07) is 1.34. The third-order valence-corrected chi connectivity index (χ3v) is 1.94. The highest BCUT2D eigenvalue weighted by Gasteiger charge is 2.10. The van der Waals surface area contributed by atoms with Crippen LogP contribution in [-0.2, 0) is 0 Å². The molecule has 0 atom stereocenters. The minimum Gasteiger partial charge on any atom is -0.476 e. The average Bonchev–Trinajstić information content (AvgIpc) is 2.59. The summed E-state index contributed by atoms with van der Waals surface area (Å²) < 4.78 is 1.28. The van der Waals surface area contributed by atoms with Crippen molar-refractivity contribution in [1.29, 1.82) is 0 Å². The fourth-order valence-electron chi connectivity index (χ4n) is 1.16. The van der Waals surface area contributed by atoms with Gasteiger partial charge in [0, 0.05) is 18.5 Å². The van der Waals surface area contributed by atoms with E-state index in [4.69, 9.17) is 5.11 Å². The third-order valence-electron chi connectivity index (χ3n) is 1.94. The van der Waals surface area contributed by atoms with Gasteiger partial charge in [-0.2, -0.15) is 5.10 Å². The third kappa shape index (κ3) is 1.56. The van der Waals surface area contributed by atoms with Crippen molar-refractivity contribution in [3.63, 3.8) is 0 Å². The molecule has 0 aliphatic carbocycles. The van der Waals surface area contributed by atoms with Gasteiger partial charge in [-0.25, -0.2) is 14.3 Å². The Bertz CT molecular complexity index is 547. The van der Waals surface area contributed by atoms with Crippen LogP contribution in [0.4, 0.5) is 0 Å². The molecular weight excluding hydrogens is 198 g/mol. The van der Waals surface area contributed by atoms with Gasteiger partial charge in [-0.3, -0.25) is 4.79 Å². The molecule has 0 aliphatic heterocycles. The van der Waals surface area contributed by atoms with Crippen LogP contribution in [-0.4, -0.2) is 31.5 Å². The molecule has 0 aliphatic rings. The number of nitrogens with zero attached hydrogens (tertiary/aromatic N) is 3. The highest BCUT2D eigenvalue weighted by Crippen LogP contribution is 2.06. The molecule has 0 saturated heterocycles. The smallest absolute Gasteiger partial charge is 0.356 e. The number of carbonyl (C=O) groups excluding carboxylic acids is 1. The Morgan fingerprint density at radius 3 is 2.80 bits per heavy atom. The molecule has 2 rings (SSSR count). The number of hydrogen-bond donors (Lipinski definition) is 1. The van der Waals surface area contributed by atoms with Gasteiger partial charge in [0.25, 0.3) is 0 Å². The predicted molar refractivity (Wildman–Crippen MR) is 50.0 cm³/mol. The van der Waals surface area contributed by atoms with Crippen molar-refractivity contribution in [1.82, 2.24) is 14.6 Å². The molecule has 0 aromatic carbocycles. The number of aromatic carboxylic acids is 1. The zero-order valence-corrected chi connectivity index (χ0v) is 7.84. The number of Topliss-reactive ketones (excluding diaryl/α,β-unsaturated/α-hetero) is 1. The molecule has 15 heavy (non-hydrogen) atoms. The van der Waals surface area contributed by atoms with Crippen LogP contribution in [0.1, 0.15) is 27.8 Å². The van der Waals surface area contributed by atoms with E-state index < -0.39 is 5.97 Å². The Balaban J connectivity index is 2.62. The van der Waals surface area contributed by atoms with E-state index in [2.05, 4.69) is 10.1 Å². The van der Waals surface area contributed by atoms with Crippen LogP contribution in [0.25, 0.3) is 5.65 Å². The van der Waals surface area contributed by atoms with Crippen LogP contribution < -0.4 is 0 Å². The summed E-state index contributed by atoms with van der Waals surface area (Å²) in [7, 11) is 0. The van der Waals surface area contributed by atoms with E-state index in [-0.39, 0.29) is 11.5 Å². The van der Waals surface area contributed by atoms with E-state index in [0.29, 0.717) is 11.2 Å². The zero-order valence-electron chi connectivity index (χ0n) is 7.84. The molecule has 6 nitrogen and oxygen atoms in total.